The molecule has 0 spiro atoms. The Kier molecular flexibility index (Phi) is 7.59. The lowest BCUT2D eigenvalue weighted by Gasteiger charge is -2.30. The summed E-state index contributed by atoms with van der Waals surface area (Å²) in [5.74, 6) is -1.30. The second kappa shape index (κ2) is 10.7. The number of benzene rings is 2. The molecule has 1 aliphatic rings. The van der Waals surface area contributed by atoms with E-state index in [0.29, 0.717) is 18.5 Å². The molecule has 2 atom stereocenters. The normalized spacial score (nSPS) is 14.6. The number of aliphatic carboxylic acids is 1. The van der Waals surface area contributed by atoms with Gasteiger partial charge in [0.1, 0.15) is 6.04 Å². The number of aryl methyl sites for hydroxylation is 2. The summed E-state index contributed by atoms with van der Waals surface area (Å²) in [4.78, 5) is 41.1. The quantitative estimate of drug-likeness (QED) is 0.389. The van der Waals surface area contributed by atoms with Crippen LogP contribution in [0.2, 0.25) is 0 Å². The van der Waals surface area contributed by atoms with E-state index in [0.717, 1.165) is 32.7 Å². The van der Waals surface area contributed by atoms with E-state index < -0.39 is 18.1 Å². The molecule has 36 heavy (non-hydrogen) atoms. The third kappa shape index (κ3) is 5.36. The van der Waals surface area contributed by atoms with E-state index in [1.165, 1.54) is 0 Å². The fraction of sp³-hybridized carbons (Fsp3) is 0.345. The molecule has 2 N–H and O–H groups in total. The Morgan fingerprint density at radius 1 is 1.08 bits per heavy atom. The molecule has 2 amide bonds. The zero-order chi connectivity index (χ0) is 26.0. The van der Waals surface area contributed by atoms with Gasteiger partial charge in [-0.05, 0) is 71.5 Å². The molecule has 0 saturated carbocycles. The zero-order valence-electron chi connectivity index (χ0n) is 21.1. The first-order chi connectivity index (χ1) is 17.2. The molecule has 0 fully saturated rings. The Morgan fingerprint density at radius 2 is 1.78 bits per heavy atom. The van der Waals surface area contributed by atoms with Crippen molar-refractivity contribution in [2.45, 2.75) is 59.2 Å². The van der Waals surface area contributed by atoms with Crippen molar-refractivity contribution in [2.24, 2.45) is 5.92 Å². The minimum Gasteiger partial charge on any atom is -0.481 e. The molecule has 0 radical (unpaired) electrons. The fourth-order valence-corrected chi connectivity index (χ4v) is 6.05. The second-order valence-electron chi connectivity index (χ2n) is 9.91. The van der Waals surface area contributed by atoms with Gasteiger partial charge in [0.25, 0.3) is 5.91 Å². The first-order valence-electron chi connectivity index (χ1n) is 12.2. The molecule has 1 aliphatic heterocycles. The van der Waals surface area contributed by atoms with Crippen LogP contribution in [0.4, 0.5) is 0 Å². The van der Waals surface area contributed by atoms with Crippen molar-refractivity contribution in [3.05, 3.63) is 81.7 Å². The van der Waals surface area contributed by atoms with Crippen molar-refractivity contribution in [1.82, 2.24) is 10.2 Å². The first-order valence-corrected chi connectivity index (χ1v) is 13.1. The summed E-state index contributed by atoms with van der Waals surface area (Å²) in [6.45, 7) is 8.51. The van der Waals surface area contributed by atoms with E-state index in [2.05, 4.69) is 31.3 Å². The molecule has 6 nitrogen and oxygen atoms in total. The standard InChI is InChI=1S/C29H32N2O4S/c1-17(2)12-24(31-15-20-10-5-6-11-22(20)29(31)35)28(34)30-23(14-26(32)33)21-13-25(36-16-21)27-18(3)8-7-9-19(27)4/h5-11,13,16-17,23-24H,12,14-15H2,1-4H3,(H,30,34)(H,32,33). The summed E-state index contributed by atoms with van der Waals surface area (Å²) in [5.41, 5.74) is 5.71. The minimum absolute atomic E-state index is 0.158. The zero-order valence-corrected chi connectivity index (χ0v) is 21.9. The molecular formula is C29H32N2O4S. The number of carbonyl (C=O) groups excluding carboxylic acids is 2. The highest BCUT2D eigenvalue weighted by molar-refractivity contribution is 7.13. The number of carboxylic acids is 1. The molecule has 0 saturated heterocycles. The molecule has 4 rings (SSSR count). The maximum atomic E-state index is 13.6. The highest BCUT2D eigenvalue weighted by Crippen LogP contribution is 2.35. The maximum absolute atomic E-state index is 13.6. The van der Waals surface area contributed by atoms with Crippen LogP contribution in [0.5, 0.6) is 0 Å². The van der Waals surface area contributed by atoms with Gasteiger partial charge in [-0.1, -0.05) is 50.2 Å². The average Bonchev–Trinajstić information content (AvgIpc) is 3.42. The lowest BCUT2D eigenvalue weighted by atomic mass is 9.98. The SMILES string of the molecule is Cc1cccc(C)c1-c1cc(C(CC(=O)O)NC(=O)C(CC(C)C)N2Cc3ccccc3C2=O)cs1. The smallest absolute Gasteiger partial charge is 0.305 e. The van der Waals surface area contributed by atoms with Crippen LogP contribution < -0.4 is 5.32 Å². The van der Waals surface area contributed by atoms with Crippen molar-refractivity contribution in [1.29, 1.82) is 0 Å². The Balaban J connectivity index is 1.61. The lowest BCUT2D eigenvalue weighted by molar-refractivity contribution is -0.138. The Labute approximate surface area is 216 Å². The van der Waals surface area contributed by atoms with Crippen molar-refractivity contribution >= 4 is 29.1 Å². The molecule has 2 aromatic carbocycles. The summed E-state index contributed by atoms with van der Waals surface area (Å²) >= 11 is 1.54. The van der Waals surface area contributed by atoms with Crippen molar-refractivity contribution in [2.75, 3.05) is 0 Å². The van der Waals surface area contributed by atoms with E-state index in [4.69, 9.17) is 0 Å². The maximum Gasteiger partial charge on any atom is 0.305 e. The minimum atomic E-state index is -0.995. The largest absolute Gasteiger partial charge is 0.481 e. The van der Waals surface area contributed by atoms with Gasteiger partial charge in [0.2, 0.25) is 5.91 Å². The van der Waals surface area contributed by atoms with Gasteiger partial charge in [-0.15, -0.1) is 11.3 Å². The van der Waals surface area contributed by atoms with Gasteiger partial charge in [-0.25, -0.2) is 0 Å². The first kappa shape index (κ1) is 25.6. The third-order valence-electron chi connectivity index (χ3n) is 6.67. The van der Waals surface area contributed by atoms with E-state index >= 15 is 0 Å². The molecule has 2 heterocycles. The van der Waals surface area contributed by atoms with Gasteiger partial charge in [0, 0.05) is 17.0 Å². The highest BCUT2D eigenvalue weighted by atomic mass is 32.1. The fourth-order valence-electron chi connectivity index (χ4n) is 4.91. The third-order valence-corrected chi connectivity index (χ3v) is 7.63. The van der Waals surface area contributed by atoms with Crippen molar-refractivity contribution < 1.29 is 19.5 Å². The van der Waals surface area contributed by atoms with Crippen LogP contribution in [-0.4, -0.2) is 33.8 Å². The second-order valence-corrected chi connectivity index (χ2v) is 10.8. The Morgan fingerprint density at radius 3 is 2.42 bits per heavy atom. The average molecular weight is 505 g/mol. The number of carbonyl (C=O) groups is 3. The molecule has 1 aromatic heterocycles. The molecule has 0 aliphatic carbocycles. The monoisotopic (exact) mass is 504 g/mol. The van der Waals surface area contributed by atoms with Gasteiger partial charge >= 0.3 is 5.97 Å². The summed E-state index contributed by atoms with van der Waals surface area (Å²) in [6, 6.07) is 14.1. The predicted molar refractivity (Wildman–Crippen MR) is 142 cm³/mol. The van der Waals surface area contributed by atoms with E-state index in [1.807, 2.05) is 49.6 Å². The van der Waals surface area contributed by atoms with E-state index in [-0.39, 0.29) is 24.2 Å². The molecule has 0 bridgehead atoms. The van der Waals surface area contributed by atoms with Gasteiger partial charge in [-0.3, -0.25) is 14.4 Å². The van der Waals surface area contributed by atoms with E-state index in [9.17, 15) is 19.5 Å². The number of fused-ring (bicyclic) bond motifs is 1. The van der Waals surface area contributed by atoms with Crippen LogP contribution in [0.15, 0.2) is 53.9 Å². The van der Waals surface area contributed by atoms with Crippen LogP contribution in [0, 0.1) is 19.8 Å². The number of nitrogens with zero attached hydrogens (tertiary/aromatic N) is 1. The van der Waals surface area contributed by atoms with Crippen LogP contribution in [0.3, 0.4) is 0 Å². The van der Waals surface area contributed by atoms with Crippen LogP contribution >= 0.6 is 11.3 Å². The number of hydrogen-bond donors (Lipinski definition) is 2. The Bertz CT molecular complexity index is 1280. The molecule has 188 valence electrons. The van der Waals surface area contributed by atoms with E-state index in [1.54, 1.807) is 22.3 Å². The van der Waals surface area contributed by atoms with Crippen molar-refractivity contribution in [3.8, 4) is 10.4 Å². The summed E-state index contributed by atoms with van der Waals surface area (Å²) in [7, 11) is 0. The molecule has 2 unspecified atom stereocenters. The van der Waals surface area contributed by atoms with Gasteiger partial charge in [0.05, 0.1) is 12.5 Å². The van der Waals surface area contributed by atoms with Crippen LogP contribution in [0.25, 0.3) is 10.4 Å². The summed E-state index contributed by atoms with van der Waals surface area (Å²) < 4.78 is 0. The number of hydrogen-bond acceptors (Lipinski definition) is 4. The summed E-state index contributed by atoms with van der Waals surface area (Å²) in [5, 5.41) is 14.5. The molecule has 3 aromatic rings. The summed E-state index contributed by atoms with van der Waals surface area (Å²) in [6.07, 6.45) is 0.250. The van der Waals surface area contributed by atoms with Crippen LogP contribution in [0.1, 0.15) is 65.3 Å². The molecular weight excluding hydrogens is 472 g/mol. The number of carboxylic acid groups (broad SMARTS) is 1. The molecule has 7 heteroatoms. The number of thiophene rings is 1. The van der Waals surface area contributed by atoms with Crippen LogP contribution in [-0.2, 0) is 16.1 Å². The number of nitrogens with one attached hydrogen (secondary N) is 1. The van der Waals surface area contributed by atoms with Gasteiger partial charge in [0.15, 0.2) is 0 Å². The highest BCUT2D eigenvalue weighted by Gasteiger charge is 2.37. The predicted octanol–water partition coefficient (Wildman–Crippen LogP) is 5.73. The van der Waals surface area contributed by atoms with Crippen molar-refractivity contribution in [3.63, 3.8) is 0 Å². The lowest BCUT2D eigenvalue weighted by Crippen LogP contribution is -2.48. The topological polar surface area (TPSA) is 86.7 Å². The van der Waals surface area contributed by atoms with Gasteiger partial charge < -0.3 is 15.3 Å². The number of amides is 2. The Hall–Kier alpha value is -3.45. The van der Waals surface area contributed by atoms with Gasteiger partial charge in [-0.2, -0.15) is 0 Å². The number of rotatable bonds is 9.